The average Bonchev–Trinajstić information content (AvgIpc) is 3.27. The van der Waals surface area contributed by atoms with Gasteiger partial charge in [-0.25, -0.2) is 4.98 Å². The third-order valence-electron chi connectivity index (χ3n) is 4.69. The van der Waals surface area contributed by atoms with Gasteiger partial charge in [-0.05, 0) is 44.0 Å². The highest BCUT2D eigenvalue weighted by Crippen LogP contribution is 2.38. The summed E-state index contributed by atoms with van der Waals surface area (Å²) in [6, 6.07) is 13.9. The van der Waals surface area contributed by atoms with Crippen LogP contribution in [-0.2, 0) is 0 Å². The van der Waals surface area contributed by atoms with Crippen molar-refractivity contribution >= 4 is 27.5 Å². The van der Waals surface area contributed by atoms with Gasteiger partial charge in [0.15, 0.2) is 0 Å². The van der Waals surface area contributed by atoms with Gasteiger partial charge in [0.25, 0.3) is 5.91 Å². The number of rotatable bonds is 3. The first-order valence-electron chi connectivity index (χ1n) is 8.48. The monoisotopic (exact) mass is 352 g/mol. The largest absolute Gasteiger partial charge is 0.496 e. The standard InChI is InChI=1S/C20H20N2O2S/c1-13-9-10-17(24-2)14(12-13)20(23)22-11-5-7-16(22)19-21-15-6-3-4-8-18(15)25-19/h3-4,6,8-10,12,16H,5,7,11H2,1-2H3. The van der Waals surface area contributed by atoms with Gasteiger partial charge < -0.3 is 9.64 Å². The van der Waals surface area contributed by atoms with Crippen LogP contribution in [0.15, 0.2) is 42.5 Å². The fraction of sp³-hybridized carbons (Fsp3) is 0.300. The van der Waals surface area contributed by atoms with Crippen LogP contribution in [0.1, 0.15) is 39.8 Å². The molecule has 4 rings (SSSR count). The zero-order valence-electron chi connectivity index (χ0n) is 14.4. The Bertz CT molecular complexity index is 901. The molecule has 0 aliphatic carbocycles. The smallest absolute Gasteiger partial charge is 0.258 e. The summed E-state index contributed by atoms with van der Waals surface area (Å²) in [5.74, 6) is 0.660. The van der Waals surface area contributed by atoms with Crippen molar-refractivity contribution in [2.24, 2.45) is 0 Å². The van der Waals surface area contributed by atoms with Crippen LogP contribution in [0.4, 0.5) is 0 Å². The van der Waals surface area contributed by atoms with E-state index in [0.717, 1.165) is 35.5 Å². The maximum absolute atomic E-state index is 13.2. The average molecular weight is 352 g/mol. The fourth-order valence-electron chi connectivity index (χ4n) is 3.44. The Morgan fingerprint density at radius 1 is 1.28 bits per heavy atom. The number of benzene rings is 2. The highest BCUT2D eigenvalue weighted by molar-refractivity contribution is 7.18. The maximum atomic E-state index is 13.2. The van der Waals surface area contributed by atoms with E-state index in [2.05, 4.69) is 6.07 Å². The molecule has 25 heavy (non-hydrogen) atoms. The molecule has 1 fully saturated rings. The number of carbonyl (C=O) groups excluding carboxylic acids is 1. The van der Waals surface area contributed by atoms with Crippen LogP contribution in [-0.4, -0.2) is 29.4 Å². The number of aryl methyl sites for hydroxylation is 1. The predicted molar refractivity (Wildman–Crippen MR) is 100 cm³/mol. The SMILES string of the molecule is COc1ccc(C)cc1C(=O)N1CCCC1c1nc2ccccc2s1. The Hall–Kier alpha value is -2.40. The summed E-state index contributed by atoms with van der Waals surface area (Å²) in [7, 11) is 1.61. The number of amides is 1. The van der Waals surface area contributed by atoms with Gasteiger partial charge in [-0.3, -0.25) is 4.79 Å². The van der Waals surface area contributed by atoms with Gasteiger partial charge in [-0.2, -0.15) is 0 Å². The lowest BCUT2D eigenvalue weighted by Crippen LogP contribution is -2.30. The molecule has 1 amide bonds. The molecule has 4 nitrogen and oxygen atoms in total. The van der Waals surface area contributed by atoms with E-state index in [1.165, 1.54) is 4.70 Å². The van der Waals surface area contributed by atoms with Gasteiger partial charge in [0.2, 0.25) is 0 Å². The van der Waals surface area contributed by atoms with Crippen molar-refractivity contribution in [3.05, 3.63) is 58.6 Å². The van der Waals surface area contributed by atoms with E-state index in [9.17, 15) is 4.79 Å². The number of ether oxygens (including phenoxy) is 1. The lowest BCUT2D eigenvalue weighted by Gasteiger charge is -2.24. The first kappa shape index (κ1) is 16.1. The highest BCUT2D eigenvalue weighted by Gasteiger charge is 2.33. The van der Waals surface area contributed by atoms with Gasteiger partial charge in [-0.1, -0.05) is 23.8 Å². The maximum Gasteiger partial charge on any atom is 0.258 e. The molecule has 0 saturated carbocycles. The molecule has 1 aromatic heterocycles. The molecule has 0 bridgehead atoms. The minimum Gasteiger partial charge on any atom is -0.496 e. The molecule has 3 aromatic rings. The number of aromatic nitrogens is 1. The van der Waals surface area contributed by atoms with Crippen LogP contribution in [0, 0.1) is 6.92 Å². The molecule has 2 heterocycles. The number of carbonyl (C=O) groups is 1. The summed E-state index contributed by atoms with van der Waals surface area (Å²) in [6.07, 6.45) is 1.96. The zero-order chi connectivity index (χ0) is 17.4. The minimum absolute atomic E-state index is 0.0299. The summed E-state index contributed by atoms with van der Waals surface area (Å²) in [4.78, 5) is 19.9. The van der Waals surface area contributed by atoms with Gasteiger partial charge in [0.05, 0.1) is 28.9 Å². The van der Waals surface area contributed by atoms with Crippen molar-refractivity contribution in [3.8, 4) is 5.75 Å². The lowest BCUT2D eigenvalue weighted by atomic mass is 10.1. The van der Waals surface area contributed by atoms with E-state index in [0.29, 0.717) is 11.3 Å². The van der Waals surface area contributed by atoms with Crippen LogP contribution in [0.5, 0.6) is 5.75 Å². The molecule has 0 N–H and O–H groups in total. The van der Waals surface area contributed by atoms with E-state index >= 15 is 0 Å². The van der Waals surface area contributed by atoms with Crippen LogP contribution in [0.3, 0.4) is 0 Å². The summed E-state index contributed by atoms with van der Waals surface area (Å²) in [5.41, 5.74) is 2.70. The molecular weight excluding hydrogens is 332 g/mol. The second-order valence-corrected chi connectivity index (χ2v) is 7.44. The topological polar surface area (TPSA) is 42.4 Å². The molecule has 1 atom stereocenters. The third kappa shape index (κ3) is 2.89. The summed E-state index contributed by atoms with van der Waals surface area (Å²) >= 11 is 1.69. The van der Waals surface area contributed by atoms with Gasteiger partial charge in [0, 0.05) is 6.54 Å². The Kier molecular flexibility index (Phi) is 4.17. The predicted octanol–water partition coefficient (Wildman–Crippen LogP) is 4.59. The highest BCUT2D eigenvalue weighted by atomic mass is 32.1. The number of methoxy groups -OCH3 is 1. The Labute approximate surface area is 151 Å². The number of hydrogen-bond acceptors (Lipinski definition) is 4. The van der Waals surface area contributed by atoms with Crippen LogP contribution < -0.4 is 4.74 Å². The Morgan fingerprint density at radius 3 is 2.92 bits per heavy atom. The van der Waals surface area contributed by atoms with E-state index < -0.39 is 0 Å². The number of hydrogen-bond donors (Lipinski definition) is 0. The fourth-order valence-corrected chi connectivity index (χ4v) is 4.56. The molecule has 0 radical (unpaired) electrons. The number of likely N-dealkylation sites (tertiary alicyclic amines) is 1. The van der Waals surface area contributed by atoms with E-state index in [1.807, 2.05) is 48.2 Å². The van der Waals surface area contributed by atoms with Crippen molar-refractivity contribution < 1.29 is 9.53 Å². The van der Waals surface area contributed by atoms with Crippen LogP contribution in [0.2, 0.25) is 0 Å². The van der Waals surface area contributed by atoms with E-state index in [-0.39, 0.29) is 11.9 Å². The quantitative estimate of drug-likeness (QED) is 0.692. The van der Waals surface area contributed by atoms with Crippen LogP contribution >= 0.6 is 11.3 Å². The second kappa shape index (κ2) is 6.48. The molecule has 128 valence electrons. The van der Waals surface area contributed by atoms with Gasteiger partial charge in [-0.15, -0.1) is 11.3 Å². The zero-order valence-corrected chi connectivity index (χ0v) is 15.2. The summed E-state index contributed by atoms with van der Waals surface area (Å²) < 4.78 is 6.58. The van der Waals surface area contributed by atoms with Crippen molar-refractivity contribution in [1.82, 2.24) is 9.88 Å². The molecule has 2 aromatic carbocycles. The Morgan fingerprint density at radius 2 is 2.12 bits per heavy atom. The van der Waals surface area contributed by atoms with Gasteiger partial charge >= 0.3 is 0 Å². The van der Waals surface area contributed by atoms with Crippen molar-refractivity contribution in [2.45, 2.75) is 25.8 Å². The van der Waals surface area contributed by atoms with Crippen molar-refractivity contribution in [3.63, 3.8) is 0 Å². The Balaban J connectivity index is 1.69. The molecule has 1 unspecified atom stereocenters. The number of para-hydroxylation sites is 1. The first-order valence-corrected chi connectivity index (χ1v) is 9.30. The molecule has 5 heteroatoms. The van der Waals surface area contributed by atoms with Crippen LogP contribution in [0.25, 0.3) is 10.2 Å². The third-order valence-corrected chi connectivity index (χ3v) is 5.83. The normalized spacial score (nSPS) is 17.2. The summed E-state index contributed by atoms with van der Waals surface area (Å²) in [6.45, 7) is 2.75. The van der Waals surface area contributed by atoms with Crippen molar-refractivity contribution in [1.29, 1.82) is 0 Å². The molecule has 1 aliphatic heterocycles. The first-order chi connectivity index (χ1) is 12.2. The number of fused-ring (bicyclic) bond motifs is 1. The molecule has 0 spiro atoms. The molecule has 1 saturated heterocycles. The summed E-state index contributed by atoms with van der Waals surface area (Å²) in [5, 5.41) is 1.03. The number of thiazole rings is 1. The van der Waals surface area contributed by atoms with E-state index in [1.54, 1.807) is 18.4 Å². The molecular formula is C20H20N2O2S. The minimum atomic E-state index is 0.0299. The number of nitrogens with zero attached hydrogens (tertiary/aromatic N) is 2. The molecule has 1 aliphatic rings. The van der Waals surface area contributed by atoms with Crippen molar-refractivity contribution in [2.75, 3.05) is 13.7 Å². The lowest BCUT2D eigenvalue weighted by molar-refractivity contribution is 0.0732. The van der Waals surface area contributed by atoms with Gasteiger partial charge in [0.1, 0.15) is 10.8 Å². The van der Waals surface area contributed by atoms with E-state index in [4.69, 9.17) is 9.72 Å². The second-order valence-electron chi connectivity index (χ2n) is 6.38.